The van der Waals surface area contributed by atoms with Gasteiger partial charge in [-0.05, 0) is 53.5 Å². The van der Waals surface area contributed by atoms with Crippen LogP contribution < -0.4 is 0 Å². The number of rotatable bonds is 9. The molecule has 23 heavy (non-hydrogen) atoms. The lowest BCUT2D eigenvalue weighted by molar-refractivity contribution is -0.112. The van der Waals surface area contributed by atoms with Gasteiger partial charge in [0, 0.05) is 0 Å². The van der Waals surface area contributed by atoms with Gasteiger partial charge in [0.1, 0.15) is 0 Å². The number of allylic oxidation sites excluding steroid dienone is 9. The summed E-state index contributed by atoms with van der Waals surface area (Å²) in [6, 6.07) is 0. The van der Waals surface area contributed by atoms with Crippen LogP contribution in [0, 0.1) is 0 Å². The quantitative estimate of drug-likeness (QED) is 0.498. The van der Waals surface area contributed by atoms with Crippen molar-refractivity contribution in [1.82, 2.24) is 0 Å². The van der Waals surface area contributed by atoms with Gasteiger partial charge in [-0.25, -0.2) is 0 Å². The Bertz CT molecular complexity index is 517. The smallest absolute Gasteiger partial charge is 0.152 e. The molecule has 0 bridgehead atoms. The summed E-state index contributed by atoms with van der Waals surface area (Å²) in [5, 5.41) is 18.9. The Morgan fingerprint density at radius 3 is 2.17 bits per heavy atom. The van der Waals surface area contributed by atoms with Crippen molar-refractivity contribution in [3.63, 3.8) is 0 Å². The van der Waals surface area contributed by atoms with Gasteiger partial charge in [0.25, 0.3) is 0 Å². The van der Waals surface area contributed by atoms with Crippen molar-refractivity contribution in [3.05, 3.63) is 59.3 Å². The molecule has 0 aromatic rings. The van der Waals surface area contributed by atoms with Crippen LogP contribution in [-0.4, -0.2) is 28.2 Å². The molecule has 0 saturated heterocycles. The maximum atomic E-state index is 10.9. The standard InChI is InChI=1S/C20H30O3/c1-15(10-12-20(23)14-19(5)22)7-6-8-16(2)13-17(3)9-11-18(4)21/h6-11,13,19-20,22-23H,12,14H2,1-5H3/b7-6+,11-9+,15-10+,16-8?,17-13?/t19-,20+/m0/s1. The minimum Gasteiger partial charge on any atom is -0.393 e. The highest BCUT2D eigenvalue weighted by atomic mass is 16.3. The predicted octanol–water partition coefficient (Wildman–Crippen LogP) is 4.05. The summed E-state index contributed by atoms with van der Waals surface area (Å²) < 4.78 is 0. The summed E-state index contributed by atoms with van der Waals surface area (Å²) in [6.07, 6.45) is 13.2. The molecule has 2 atom stereocenters. The van der Waals surface area contributed by atoms with Crippen molar-refractivity contribution in [3.8, 4) is 0 Å². The van der Waals surface area contributed by atoms with Crippen LogP contribution in [0.25, 0.3) is 0 Å². The van der Waals surface area contributed by atoms with Crippen LogP contribution in [-0.2, 0) is 4.79 Å². The Morgan fingerprint density at radius 1 is 0.957 bits per heavy atom. The first-order valence-electron chi connectivity index (χ1n) is 7.95. The second kappa shape index (κ2) is 11.8. The van der Waals surface area contributed by atoms with Crippen molar-refractivity contribution in [2.24, 2.45) is 0 Å². The largest absolute Gasteiger partial charge is 0.393 e. The fourth-order valence-corrected chi connectivity index (χ4v) is 1.94. The fraction of sp³-hybridized carbons (Fsp3) is 0.450. The highest BCUT2D eigenvalue weighted by Crippen LogP contribution is 2.07. The minimum atomic E-state index is -0.505. The summed E-state index contributed by atoms with van der Waals surface area (Å²) in [5.41, 5.74) is 3.18. The number of carbonyl (C=O) groups excluding carboxylic acids is 1. The van der Waals surface area contributed by atoms with Crippen molar-refractivity contribution >= 4 is 5.78 Å². The van der Waals surface area contributed by atoms with Gasteiger partial charge in [0.15, 0.2) is 5.78 Å². The maximum absolute atomic E-state index is 10.9. The van der Waals surface area contributed by atoms with Crippen LogP contribution in [0.5, 0.6) is 0 Å². The average Bonchev–Trinajstić information content (AvgIpc) is 2.42. The molecule has 0 saturated carbocycles. The Morgan fingerprint density at radius 2 is 1.61 bits per heavy atom. The van der Waals surface area contributed by atoms with Crippen molar-refractivity contribution in [2.45, 2.75) is 59.7 Å². The van der Waals surface area contributed by atoms with E-state index in [1.165, 1.54) is 6.92 Å². The SMILES string of the molecule is CC(=O)/C=C/C(C)=CC(C)=C/C=C/C(C)=C/C[C@@H](O)C[C@H](C)O. The first-order valence-corrected chi connectivity index (χ1v) is 7.95. The van der Waals surface area contributed by atoms with E-state index in [0.29, 0.717) is 12.8 Å². The van der Waals surface area contributed by atoms with Gasteiger partial charge in [-0.3, -0.25) is 4.79 Å². The lowest BCUT2D eigenvalue weighted by Gasteiger charge is -2.09. The average molecular weight is 318 g/mol. The fourth-order valence-electron chi connectivity index (χ4n) is 1.94. The third kappa shape index (κ3) is 13.7. The summed E-state index contributed by atoms with van der Waals surface area (Å²) in [5.74, 6) is 0.0396. The molecule has 0 aromatic carbocycles. The summed E-state index contributed by atoms with van der Waals surface area (Å²) in [6.45, 7) is 9.14. The van der Waals surface area contributed by atoms with E-state index in [1.807, 2.05) is 51.2 Å². The molecule has 0 heterocycles. The molecule has 2 N–H and O–H groups in total. The number of hydrogen-bond donors (Lipinski definition) is 2. The first-order chi connectivity index (χ1) is 10.7. The lowest BCUT2D eigenvalue weighted by Crippen LogP contribution is -2.13. The molecule has 0 unspecified atom stereocenters. The Balaban J connectivity index is 4.53. The molecule has 0 spiro atoms. The van der Waals surface area contributed by atoms with Crippen LogP contribution >= 0.6 is 0 Å². The summed E-state index contributed by atoms with van der Waals surface area (Å²) in [7, 11) is 0. The Hall–Kier alpha value is -1.71. The van der Waals surface area contributed by atoms with Gasteiger partial charge in [-0.15, -0.1) is 0 Å². The van der Waals surface area contributed by atoms with Gasteiger partial charge in [-0.1, -0.05) is 53.2 Å². The van der Waals surface area contributed by atoms with Crippen LogP contribution in [0.4, 0.5) is 0 Å². The zero-order chi connectivity index (χ0) is 17.8. The van der Waals surface area contributed by atoms with Gasteiger partial charge < -0.3 is 10.2 Å². The molecule has 0 rings (SSSR count). The van der Waals surface area contributed by atoms with E-state index in [9.17, 15) is 15.0 Å². The molecule has 0 amide bonds. The molecule has 0 aliphatic heterocycles. The van der Waals surface area contributed by atoms with Crippen LogP contribution in [0.15, 0.2) is 59.3 Å². The predicted molar refractivity (Wildman–Crippen MR) is 97.2 cm³/mol. The number of ketones is 1. The molecular formula is C20H30O3. The van der Waals surface area contributed by atoms with Crippen LogP contribution in [0.2, 0.25) is 0 Å². The van der Waals surface area contributed by atoms with E-state index in [4.69, 9.17) is 0 Å². The second-order valence-corrected chi connectivity index (χ2v) is 6.02. The van der Waals surface area contributed by atoms with Crippen molar-refractivity contribution < 1.29 is 15.0 Å². The molecular weight excluding hydrogens is 288 g/mol. The van der Waals surface area contributed by atoms with Gasteiger partial charge >= 0.3 is 0 Å². The summed E-state index contributed by atoms with van der Waals surface area (Å²) in [4.78, 5) is 10.9. The van der Waals surface area contributed by atoms with Gasteiger partial charge in [-0.2, -0.15) is 0 Å². The van der Waals surface area contributed by atoms with Crippen LogP contribution in [0.1, 0.15) is 47.5 Å². The number of hydrogen-bond acceptors (Lipinski definition) is 3. The second-order valence-electron chi connectivity index (χ2n) is 6.02. The molecule has 0 radical (unpaired) electrons. The minimum absolute atomic E-state index is 0.0396. The zero-order valence-corrected chi connectivity index (χ0v) is 14.9. The monoisotopic (exact) mass is 318 g/mol. The third-order valence-corrected chi connectivity index (χ3v) is 3.08. The molecule has 0 aromatic heterocycles. The third-order valence-electron chi connectivity index (χ3n) is 3.08. The van der Waals surface area contributed by atoms with E-state index in [-0.39, 0.29) is 5.78 Å². The Kier molecular flexibility index (Phi) is 10.9. The van der Waals surface area contributed by atoms with E-state index in [2.05, 4.69) is 0 Å². The van der Waals surface area contributed by atoms with Crippen LogP contribution in [0.3, 0.4) is 0 Å². The molecule has 3 heteroatoms. The molecule has 128 valence electrons. The van der Waals surface area contributed by atoms with Gasteiger partial charge in [0.05, 0.1) is 12.2 Å². The number of aliphatic hydroxyl groups excluding tert-OH is 2. The van der Waals surface area contributed by atoms with E-state index in [0.717, 1.165) is 16.7 Å². The van der Waals surface area contributed by atoms with Gasteiger partial charge in [0.2, 0.25) is 0 Å². The van der Waals surface area contributed by atoms with Crippen molar-refractivity contribution in [2.75, 3.05) is 0 Å². The zero-order valence-electron chi connectivity index (χ0n) is 14.9. The van der Waals surface area contributed by atoms with E-state index < -0.39 is 12.2 Å². The van der Waals surface area contributed by atoms with E-state index in [1.54, 1.807) is 19.1 Å². The van der Waals surface area contributed by atoms with E-state index >= 15 is 0 Å². The first kappa shape index (κ1) is 21.3. The Labute approximate surface area is 140 Å². The summed E-state index contributed by atoms with van der Waals surface area (Å²) >= 11 is 0. The topological polar surface area (TPSA) is 57.5 Å². The lowest BCUT2D eigenvalue weighted by atomic mass is 10.1. The molecule has 0 aliphatic carbocycles. The normalized spacial score (nSPS) is 17.1. The number of carbonyl (C=O) groups is 1. The molecule has 3 nitrogen and oxygen atoms in total. The number of aliphatic hydroxyl groups is 2. The highest BCUT2D eigenvalue weighted by molar-refractivity contribution is 5.87. The van der Waals surface area contributed by atoms with Crippen molar-refractivity contribution in [1.29, 1.82) is 0 Å². The molecule has 0 fully saturated rings. The highest BCUT2D eigenvalue weighted by Gasteiger charge is 2.05. The maximum Gasteiger partial charge on any atom is 0.152 e. The molecule has 0 aliphatic rings.